The van der Waals surface area contributed by atoms with E-state index in [4.69, 9.17) is 6.42 Å². The van der Waals surface area contributed by atoms with Crippen LogP contribution in [0.4, 0.5) is 0 Å². The van der Waals surface area contributed by atoms with Crippen molar-refractivity contribution < 1.29 is 9.80 Å². The summed E-state index contributed by atoms with van der Waals surface area (Å²) < 4.78 is 0. The van der Waals surface area contributed by atoms with Gasteiger partial charge in [-0.25, -0.2) is 0 Å². The Labute approximate surface area is 157 Å². The molecule has 0 aliphatic carbocycles. The second kappa shape index (κ2) is 8.08. The van der Waals surface area contributed by atoms with Crippen LogP contribution in [0.25, 0.3) is 0 Å². The molecule has 4 atom stereocenters. The molecule has 5 rings (SSSR count). The summed E-state index contributed by atoms with van der Waals surface area (Å²) in [6.45, 7) is 5.95. The first-order valence-electron chi connectivity index (χ1n) is 10.0. The molecule has 0 amide bonds. The molecule has 2 aromatic rings. The van der Waals surface area contributed by atoms with Gasteiger partial charge in [-0.3, -0.25) is 0 Å². The molecule has 3 heterocycles. The van der Waals surface area contributed by atoms with Crippen LogP contribution < -0.4 is 9.80 Å². The van der Waals surface area contributed by atoms with Crippen LogP contribution in [-0.2, 0) is 13.1 Å². The van der Waals surface area contributed by atoms with E-state index >= 15 is 0 Å². The largest absolute Gasteiger partial charge is 0.327 e. The summed E-state index contributed by atoms with van der Waals surface area (Å²) >= 11 is 0. The highest BCUT2D eigenvalue weighted by molar-refractivity contribution is 5.15. The molecule has 3 saturated heterocycles. The van der Waals surface area contributed by atoms with Gasteiger partial charge in [0.15, 0.2) is 0 Å². The van der Waals surface area contributed by atoms with Gasteiger partial charge in [0, 0.05) is 24.0 Å². The second-order valence-electron chi connectivity index (χ2n) is 8.15. The Bertz CT molecular complexity index is 692. The maximum Gasteiger partial charge on any atom is 0.137 e. The van der Waals surface area contributed by atoms with Crippen LogP contribution in [0.1, 0.15) is 24.0 Å². The average Bonchev–Trinajstić information content (AvgIpc) is 2.70. The highest BCUT2D eigenvalue weighted by Crippen LogP contribution is 2.25. The van der Waals surface area contributed by atoms with Crippen LogP contribution in [0.3, 0.4) is 0 Å². The van der Waals surface area contributed by atoms with Gasteiger partial charge in [-0.05, 0) is 5.92 Å². The number of quaternary nitrogens is 2. The van der Waals surface area contributed by atoms with Gasteiger partial charge in [0.05, 0.1) is 19.0 Å². The second-order valence-corrected chi connectivity index (χ2v) is 8.15. The van der Waals surface area contributed by atoms with Gasteiger partial charge < -0.3 is 9.80 Å². The predicted molar refractivity (Wildman–Crippen MR) is 106 cm³/mol. The number of hydrogen-bond donors (Lipinski definition) is 2. The van der Waals surface area contributed by atoms with E-state index in [-0.39, 0.29) is 0 Å². The molecule has 2 heteroatoms. The summed E-state index contributed by atoms with van der Waals surface area (Å²) in [5, 5.41) is 0. The molecule has 2 bridgehead atoms. The van der Waals surface area contributed by atoms with Crippen molar-refractivity contribution in [3.8, 4) is 12.3 Å². The molecule has 3 aliphatic heterocycles. The Morgan fingerprint density at radius 1 is 0.962 bits per heavy atom. The van der Waals surface area contributed by atoms with Gasteiger partial charge in [-0.2, -0.15) is 0 Å². The van der Waals surface area contributed by atoms with Crippen LogP contribution in [0.5, 0.6) is 0 Å². The number of benzene rings is 2. The molecule has 2 aromatic carbocycles. The minimum Gasteiger partial charge on any atom is -0.327 e. The van der Waals surface area contributed by atoms with E-state index in [1.807, 2.05) is 0 Å². The summed E-state index contributed by atoms with van der Waals surface area (Å²) in [6, 6.07) is 22.7. The van der Waals surface area contributed by atoms with Gasteiger partial charge in [0.1, 0.15) is 25.7 Å². The maximum atomic E-state index is 5.77. The molecule has 26 heavy (non-hydrogen) atoms. The monoisotopic (exact) mass is 346 g/mol. The van der Waals surface area contributed by atoms with Crippen LogP contribution in [0, 0.1) is 24.2 Å². The lowest BCUT2D eigenvalue weighted by atomic mass is 9.76. The van der Waals surface area contributed by atoms with Crippen molar-refractivity contribution in [3.63, 3.8) is 0 Å². The van der Waals surface area contributed by atoms with E-state index in [1.54, 1.807) is 9.80 Å². The summed E-state index contributed by atoms with van der Waals surface area (Å²) in [5.41, 5.74) is 2.87. The number of fused-ring (bicyclic) bond motifs is 3. The third kappa shape index (κ3) is 4.01. The van der Waals surface area contributed by atoms with E-state index < -0.39 is 0 Å². The van der Waals surface area contributed by atoms with Gasteiger partial charge in [-0.1, -0.05) is 66.6 Å². The Morgan fingerprint density at radius 2 is 1.58 bits per heavy atom. The minimum atomic E-state index is 0.515. The fourth-order valence-corrected chi connectivity index (χ4v) is 5.06. The average molecular weight is 347 g/mol. The lowest BCUT2D eigenvalue weighted by Crippen LogP contribution is -3.25. The Morgan fingerprint density at radius 3 is 2.08 bits per heavy atom. The first kappa shape index (κ1) is 17.3. The lowest BCUT2D eigenvalue weighted by Gasteiger charge is -2.45. The van der Waals surface area contributed by atoms with Crippen molar-refractivity contribution in [3.05, 3.63) is 71.8 Å². The molecule has 3 fully saturated rings. The molecule has 0 radical (unpaired) electrons. The third-order valence-electron chi connectivity index (χ3n) is 6.40. The number of terminal acetylenes is 1. The van der Waals surface area contributed by atoms with Crippen molar-refractivity contribution in [2.45, 2.75) is 32.0 Å². The molecule has 2 N–H and O–H groups in total. The van der Waals surface area contributed by atoms with E-state index in [9.17, 15) is 0 Å². The zero-order valence-corrected chi connectivity index (χ0v) is 15.5. The Balaban J connectivity index is 1.47. The van der Waals surface area contributed by atoms with Gasteiger partial charge >= 0.3 is 0 Å². The summed E-state index contributed by atoms with van der Waals surface area (Å²) in [7, 11) is 0. The predicted octanol–water partition coefficient (Wildman–Crippen LogP) is 1.20. The Kier molecular flexibility index (Phi) is 5.39. The number of rotatable bonds is 6. The highest BCUT2D eigenvalue weighted by Gasteiger charge is 2.44. The summed E-state index contributed by atoms with van der Waals surface area (Å²) in [6.07, 6.45) is 8.42. The zero-order valence-electron chi connectivity index (χ0n) is 15.5. The molecule has 1 unspecified atom stereocenters. The SMILES string of the molecule is C#C[C@H]1C[NH+]2CC[C@H]1C[C@@H]2C[NH+](Cc1ccccc1)Cc1ccccc1. The van der Waals surface area contributed by atoms with Crippen molar-refractivity contribution in [2.75, 3.05) is 19.6 Å². The molecule has 0 spiro atoms. The minimum absolute atomic E-state index is 0.515. The molecule has 0 saturated carbocycles. The standard InChI is InChI=1S/C24H28N2/c1-2-22-18-26-14-13-23(22)15-24(26)19-25(16-20-9-5-3-6-10-20)17-21-11-7-4-8-12-21/h1,3-12,22-24H,13-19H2/p+2/t22-,23-,24+/m0/s1. The third-order valence-corrected chi connectivity index (χ3v) is 6.40. The van der Waals surface area contributed by atoms with Gasteiger partial charge in [0.2, 0.25) is 0 Å². The normalized spacial score (nSPS) is 27.4. The first-order valence-corrected chi connectivity index (χ1v) is 10.0. The number of hydrogen-bond acceptors (Lipinski definition) is 0. The van der Waals surface area contributed by atoms with Crippen LogP contribution >= 0.6 is 0 Å². The van der Waals surface area contributed by atoms with Crippen LogP contribution in [0.15, 0.2) is 60.7 Å². The van der Waals surface area contributed by atoms with Crippen molar-refractivity contribution in [1.82, 2.24) is 0 Å². The topological polar surface area (TPSA) is 8.88 Å². The lowest BCUT2D eigenvalue weighted by molar-refractivity contribution is -0.999. The Hall–Kier alpha value is -2.08. The summed E-state index contributed by atoms with van der Waals surface area (Å²) in [4.78, 5) is 3.43. The smallest absolute Gasteiger partial charge is 0.137 e. The van der Waals surface area contributed by atoms with E-state index in [1.165, 1.54) is 43.6 Å². The fourth-order valence-electron chi connectivity index (χ4n) is 5.06. The molecule has 0 aromatic heterocycles. The quantitative estimate of drug-likeness (QED) is 0.728. The fraction of sp³-hybridized carbons (Fsp3) is 0.417. The summed E-state index contributed by atoms with van der Waals surface area (Å²) in [5.74, 6) is 4.34. The van der Waals surface area contributed by atoms with Gasteiger partial charge in [-0.15, -0.1) is 6.42 Å². The van der Waals surface area contributed by atoms with Crippen LogP contribution in [-0.4, -0.2) is 25.7 Å². The van der Waals surface area contributed by atoms with Crippen molar-refractivity contribution in [2.24, 2.45) is 11.8 Å². The van der Waals surface area contributed by atoms with Crippen molar-refractivity contribution >= 4 is 0 Å². The van der Waals surface area contributed by atoms with Crippen LogP contribution in [0.2, 0.25) is 0 Å². The van der Waals surface area contributed by atoms with Crippen molar-refractivity contribution in [1.29, 1.82) is 0 Å². The zero-order chi connectivity index (χ0) is 17.8. The molecule has 3 aliphatic rings. The van der Waals surface area contributed by atoms with E-state index in [0.29, 0.717) is 5.92 Å². The molecular weight excluding hydrogens is 316 g/mol. The molecule has 134 valence electrons. The highest BCUT2D eigenvalue weighted by atomic mass is 15.2. The number of piperidine rings is 3. The maximum absolute atomic E-state index is 5.77. The van der Waals surface area contributed by atoms with Gasteiger partial charge in [0.25, 0.3) is 0 Å². The van der Waals surface area contributed by atoms with E-state index in [0.717, 1.165) is 25.0 Å². The molecular formula is C24H30N2+2. The number of nitrogens with one attached hydrogen (secondary N) is 2. The molecule has 2 nitrogen and oxygen atoms in total. The first-order chi connectivity index (χ1) is 12.8. The van der Waals surface area contributed by atoms with E-state index in [2.05, 4.69) is 66.6 Å².